The molecule has 1 saturated carbocycles. The minimum absolute atomic E-state index is 0.0572. The number of nitrogens with zero attached hydrogens (tertiary/aromatic N) is 4. The number of anilines is 1. The number of hydrogen-bond donors (Lipinski definition) is 1. The van der Waals surface area contributed by atoms with Crippen LogP contribution in [0.15, 0.2) is 55.0 Å². The zero-order chi connectivity index (χ0) is 25.0. The van der Waals surface area contributed by atoms with E-state index in [4.69, 9.17) is 0 Å². The SMILES string of the molecule is CCC12CC(Nc3ncc(C(F)(F)F)cc3F)C1N(C(=O)c1ccccc1-c1ncccn1)C2C. The first kappa shape index (κ1) is 23.2. The van der Waals surface area contributed by atoms with Gasteiger partial charge in [-0.3, -0.25) is 4.79 Å². The van der Waals surface area contributed by atoms with Crippen molar-refractivity contribution in [3.63, 3.8) is 0 Å². The number of likely N-dealkylation sites (tertiary alicyclic amines) is 1. The monoisotopic (exact) mass is 485 g/mol. The van der Waals surface area contributed by atoms with Gasteiger partial charge in [0, 0.05) is 41.7 Å². The Bertz CT molecular complexity index is 1270. The lowest BCUT2D eigenvalue weighted by atomic mass is 9.48. The maximum Gasteiger partial charge on any atom is 0.417 e. The highest BCUT2D eigenvalue weighted by Gasteiger charge is 2.69. The first-order valence-electron chi connectivity index (χ1n) is 11.4. The van der Waals surface area contributed by atoms with Gasteiger partial charge in [-0.15, -0.1) is 0 Å². The zero-order valence-corrected chi connectivity index (χ0v) is 19.1. The highest BCUT2D eigenvalue weighted by Crippen LogP contribution is 2.61. The van der Waals surface area contributed by atoms with E-state index in [0.29, 0.717) is 35.6 Å². The fraction of sp³-hybridized carbons (Fsp3) is 0.360. The number of nitrogens with one attached hydrogen (secondary N) is 1. The number of hydrogen-bond acceptors (Lipinski definition) is 5. The van der Waals surface area contributed by atoms with Crippen LogP contribution in [0.2, 0.25) is 0 Å². The van der Waals surface area contributed by atoms with Crippen LogP contribution in [-0.2, 0) is 6.18 Å². The minimum atomic E-state index is -4.68. The van der Waals surface area contributed by atoms with Gasteiger partial charge in [-0.2, -0.15) is 13.2 Å². The van der Waals surface area contributed by atoms with Gasteiger partial charge in [0.1, 0.15) is 0 Å². The van der Waals surface area contributed by atoms with Crippen LogP contribution in [0.1, 0.15) is 42.6 Å². The smallest absolute Gasteiger partial charge is 0.363 e. The average molecular weight is 485 g/mol. The predicted octanol–water partition coefficient (Wildman–Crippen LogP) is 5.19. The number of alkyl halides is 3. The molecule has 0 spiro atoms. The second-order valence-corrected chi connectivity index (χ2v) is 9.05. The van der Waals surface area contributed by atoms with E-state index in [1.54, 1.807) is 41.6 Å². The van der Waals surface area contributed by atoms with Gasteiger partial charge in [-0.25, -0.2) is 19.3 Å². The standard InChI is InChI=1S/C25H23F4N5O/c1-3-24-12-19(33-22-18(26)11-15(13-32-22)25(27,28)29)20(24)34(14(24)2)23(35)17-8-5-4-7-16(17)21-30-9-6-10-31-21/h4-11,13-14,19-20H,3,12H2,1-2H3,(H,32,33). The highest BCUT2D eigenvalue weighted by atomic mass is 19.4. The number of rotatable bonds is 5. The van der Waals surface area contributed by atoms with Crippen molar-refractivity contribution < 1.29 is 22.4 Å². The molecule has 1 N–H and O–H groups in total. The minimum Gasteiger partial charge on any atom is -0.363 e. The van der Waals surface area contributed by atoms with Gasteiger partial charge in [0.15, 0.2) is 17.5 Å². The third-order valence-corrected chi connectivity index (χ3v) is 7.47. The number of fused-ring (bicyclic) bond motifs is 1. The van der Waals surface area contributed by atoms with Gasteiger partial charge >= 0.3 is 6.18 Å². The molecule has 4 unspecified atom stereocenters. The van der Waals surface area contributed by atoms with Gasteiger partial charge < -0.3 is 10.2 Å². The van der Waals surface area contributed by atoms with Crippen molar-refractivity contribution in [1.82, 2.24) is 19.9 Å². The molecule has 5 rings (SSSR count). The maximum absolute atomic E-state index is 14.4. The van der Waals surface area contributed by atoms with Gasteiger partial charge in [-0.1, -0.05) is 25.1 Å². The van der Waals surface area contributed by atoms with E-state index < -0.39 is 17.6 Å². The summed E-state index contributed by atoms with van der Waals surface area (Å²) in [6.07, 6.45) is 0.616. The van der Waals surface area contributed by atoms with E-state index in [1.165, 1.54) is 0 Å². The Kier molecular flexibility index (Phi) is 5.49. The molecule has 3 aromatic rings. The summed E-state index contributed by atoms with van der Waals surface area (Å²) in [5, 5.41) is 2.95. The van der Waals surface area contributed by atoms with Crippen molar-refractivity contribution in [3.05, 3.63) is 71.9 Å². The molecule has 10 heteroatoms. The van der Waals surface area contributed by atoms with Crippen LogP contribution in [0, 0.1) is 11.2 Å². The number of piperidine rings is 1. The van der Waals surface area contributed by atoms with Crippen molar-refractivity contribution in [2.45, 2.75) is 51.0 Å². The number of aromatic nitrogens is 3. The van der Waals surface area contributed by atoms with Crippen LogP contribution in [0.3, 0.4) is 0 Å². The molecule has 2 aliphatic rings. The first-order chi connectivity index (χ1) is 16.7. The maximum atomic E-state index is 14.4. The van der Waals surface area contributed by atoms with E-state index >= 15 is 0 Å². The second-order valence-electron chi connectivity index (χ2n) is 9.05. The van der Waals surface area contributed by atoms with E-state index in [9.17, 15) is 22.4 Å². The number of halogens is 4. The van der Waals surface area contributed by atoms with E-state index in [0.717, 1.165) is 6.42 Å². The Labute approximate surface area is 199 Å². The number of carbonyl (C=O) groups is 1. The summed E-state index contributed by atoms with van der Waals surface area (Å²) in [5.74, 6) is -1.09. The summed E-state index contributed by atoms with van der Waals surface area (Å²) in [6, 6.07) is 8.59. The van der Waals surface area contributed by atoms with Crippen molar-refractivity contribution in [2.24, 2.45) is 5.41 Å². The van der Waals surface area contributed by atoms with Crippen LogP contribution in [0.4, 0.5) is 23.4 Å². The molecule has 3 heterocycles. The summed E-state index contributed by atoms with van der Waals surface area (Å²) < 4.78 is 53.1. The Balaban J connectivity index is 1.42. The summed E-state index contributed by atoms with van der Waals surface area (Å²) in [7, 11) is 0. The van der Waals surface area contributed by atoms with Crippen LogP contribution in [0.25, 0.3) is 11.4 Å². The normalized spacial score (nSPS) is 25.3. The fourth-order valence-electron chi connectivity index (χ4n) is 5.60. The molecule has 4 atom stereocenters. The molecule has 6 nitrogen and oxygen atoms in total. The summed E-state index contributed by atoms with van der Waals surface area (Å²) in [6.45, 7) is 4.04. The lowest BCUT2D eigenvalue weighted by Gasteiger charge is -2.73. The Morgan fingerprint density at radius 1 is 1.17 bits per heavy atom. The van der Waals surface area contributed by atoms with Crippen molar-refractivity contribution in [1.29, 1.82) is 0 Å². The second kappa shape index (κ2) is 8.28. The molecule has 35 heavy (non-hydrogen) atoms. The number of benzene rings is 1. The zero-order valence-electron chi connectivity index (χ0n) is 19.1. The quantitative estimate of drug-likeness (QED) is 0.504. The molecule has 1 saturated heterocycles. The lowest BCUT2D eigenvalue weighted by Crippen LogP contribution is -2.83. The molecule has 1 aromatic carbocycles. The number of pyridine rings is 1. The van der Waals surface area contributed by atoms with Gasteiger partial charge in [0.05, 0.1) is 17.2 Å². The van der Waals surface area contributed by atoms with E-state index in [-0.39, 0.29) is 35.3 Å². The number of carbonyl (C=O) groups excluding carboxylic acids is 1. The van der Waals surface area contributed by atoms with E-state index in [1.807, 2.05) is 19.9 Å². The third-order valence-electron chi connectivity index (χ3n) is 7.47. The van der Waals surface area contributed by atoms with Gasteiger partial charge in [0.25, 0.3) is 5.91 Å². The van der Waals surface area contributed by atoms with Crippen molar-refractivity contribution in [3.8, 4) is 11.4 Å². The molecule has 1 aliphatic heterocycles. The first-order valence-corrected chi connectivity index (χ1v) is 11.4. The van der Waals surface area contributed by atoms with Crippen LogP contribution >= 0.6 is 0 Å². The molecular weight excluding hydrogens is 462 g/mol. The molecule has 2 aromatic heterocycles. The molecule has 0 radical (unpaired) electrons. The van der Waals surface area contributed by atoms with Crippen LogP contribution in [0.5, 0.6) is 0 Å². The predicted molar refractivity (Wildman–Crippen MR) is 121 cm³/mol. The van der Waals surface area contributed by atoms with Crippen LogP contribution in [-0.4, -0.2) is 43.9 Å². The molecule has 2 fully saturated rings. The van der Waals surface area contributed by atoms with Gasteiger partial charge in [-0.05, 0) is 38.0 Å². The fourth-order valence-corrected chi connectivity index (χ4v) is 5.60. The summed E-state index contributed by atoms with van der Waals surface area (Å²) in [4.78, 5) is 27.7. The number of amides is 1. The third kappa shape index (κ3) is 3.62. The molecule has 1 amide bonds. The van der Waals surface area contributed by atoms with Crippen molar-refractivity contribution in [2.75, 3.05) is 5.32 Å². The molecule has 182 valence electrons. The highest BCUT2D eigenvalue weighted by molar-refractivity contribution is 6.01. The summed E-state index contributed by atoms with van der Waals surface area (Å²) in [5.41, 5.74) is -0.224. The Hall–Kier alpha value is -3.56. The lowest BCUT2D eigenvalue weighted by molar-refractivity contribution is -0.181. The average Bonchev–Trinajstić information content (AvgIpc) is 2.84. The van der Waals surface area contributed by atoms with Crippen LogP contribution < -0.4 is 5.32 Å². The Morgan fingerprint density at radius 2 is 1.89 bits per heavy atom. The van der Waals surface area contributed by atoms with E-state index in [2.05, 4.69) is 20.3 Å². The molecular formula is C25H23F4N5O. The van der Waals surface area contributed by atoms with Crippen molar-refractivity contribution >= 4 is 11.7 Å². The van der Waals surface area contributed by atoms with Gasteiger partial charge in [0.2, 0.25) is 0 Å². The largest absolute Gasteiger partial charge is 0.417 e. The topological polar surface area (TPSA) is 71.0 Å². The molecule has 0 bridgehead atoms. The Morgan fingerprint density at radius 3 is 2.54 bits per heavy atom. The molecule has 1 aliphatic carbocycles. The summed E-state index contributed by atoms with van der Waals surface area (Å²) >= 11 is 0.